The molecule has 6 rings (SSSR count). The Balaban J connectivity index is 0.00000578. The number of halogens is 2. The number of rotatable bonds is 24. The van der Waals surface area contributed by atoms with Gasteiger partial charge in [0.05, 0.1) is 24.2 Å². The molecule has 0 aromatic heterocycles. The molecule has 2 aliphatic carbocycles. The molecule has 2 heterocycles. The van der Waals surface area contributed by atoms with E-state index in [1.165, 1.54) is 11.1 Å². The summed E-state index contributed by atoms with van der Waals surface area (Å²) in [4.78, 5) is 110. The van der Waals surface area contributed by atoms with E-state index in [9.17, 15) is 38.4 Å². The lowest BCUT2D eigenvalue weighted by atomic mass is 9.87. The third-order valence-corrected chi connectivity index (χ3v) is 14.7. The zero-order chi connectivity index (χ0) is 50.9. The van der Waals surface area contributed by atoms with Gasteiger partial charge in [0.15, 0.2) is 0 Å². The molecule has 0 radical (unpaired) electrons. The summed E-state index contributed by atoms with van der Waals surface area (Å²) in [7, 11) is 3.32. The molecule has 8 atom stereocenters. The van der Waals surface area contributed by atoms with E-state index in [2.05, 4.69) is 66.8 Å². The summed E-state index contributed by atoms with van der Waals surface area (Å²) in [5, 5.41) is 23.6. The number of hydrogen-bond donors (Lipinski definition) is 8. The van der Waals surface area contributed by atoms with E-state index in [0.717, 1.165) is 49.7 Å². The van der Waals surface area contributed by atoms with Gasteiger partial charge >= 0.3 is 0 Å². The van der Waals surface area contributed by atoms with Gasteiger partial charge in [0, 0.05) is 26.2 Å². The summed E-state index contributed by atoms with van der Waals surface area (Å²) in [6.07, 6.45) is 10.1. The highest BCUT2D eigenvalue weighted by Crippen LogP contribution is 2.32. The van der Waals surface area contributed by atoms with Gasteiger partial charge in [-0.15, -0.1) is 24.8 Å². The number of likely N-dealkylation sites (tertiary alicyclic amines) is 2. The lowest BCUT2D eigenvalue weighted by molar-refractivity contribution is -0.142. The first kappa shape index (κ1) is 60.3. The Bertz CT molecular complexity index is 2050. The van der Waals surface area contributed by atoms with Gasteiger partial charge in [-0.1, -0.05) is 48.5 Å². The van der Waals surface area contributed by atoms with Crippen molar-refractivity contribution in [3.63, 3.8) is 0 Å². The number of likely N-dealkylation sites (N-methyl/N-ethyl adjacent to an activating group) is 2. The normalized spacial score (nSPS) is 20.5. The number of aryl methyl sites for hydroxylation is 2. The van der Waals surface area contributed by atoms with Crippen LogP contribution in [0.5, 0.6) is 0 Å². The molecule has 73 heavy (non-hydrogen) atoms. The van der Waals surface area contributed by atoms with Gasteiger partial charge in [0.25, 0.3) is 0 Å². The second-order valence-corrected chi connectivity index (χ2v) is 19.7. The largest absolute Gasteiger partial charge is 0.356 e. The third kappa shape index (κ3) is 16.9. The topological polar surface area (TPSA) is 239 Å². The SMILES string of the molecule is CN[C@@H](C)C(=O)N[C@@H](CCCCNC(=O)CC(=O)NCCCC[C@H](NC(=O)[C@H](C)NC)C(=O)N1CCC[C@H]1C(=O)N[C@@H]1CCCc2ccccc21)C(=O)N1CCC[C@H]1C(=O)N[C@@H]1CCCc2ccccc21.Cl.Cl. The van der Waals surface area contributed by atoms with E-state index in [1.807, 2.05) is 24.3 Å². The lowest BCUT2D eigenvalue weighted by Crippen LogP contribution is -2.55. The van der Waals surface area contributed by atoms with Crippen molar-refractivity contribution in [2.75, 3.05) is 40.3 Å². The second-order valence-electron chi connectivity index (χ2n) is 19.7. The van der Waals surface area contributed by atoms with Crippen LogP contribution in [0.2, 0.25) is 0 Å². The predicted octanol–water partition coefficient (Wildman–Crippen LogP) is 3.35. The molecule has 0 saturated carbocycles. The van der Waals surface area contributed by atoms with Gasteiger partial charge in [-0.3, -0.25) is 38.4 Å². The molecule has 8 amide bonds. The molecule has 20 heteroatoms. The number of unbranched alkanes of at least 4 members (excludes halogenated alkanes) is 2. The number of nitrogens with one attached hydrogen (secondary N) is 8. The minimum atomic E-state index is -0.862. The maximum atomic E-state index is 14.1. The minimum Gasteiger partial charge on any atom is -0.356 e. The molecule has 8 N–H and O–H groups in total. The van der Waals surface area contributed by atoms with Crippen LogP contribution in [-0.2, 0) is 51.2 Å². The first-order valence-corrected chi connectivity index (χ1v) is 26.2. The van der Waals surface area contributed by atoms with Crippen molar-refractivity contribution in [1.82, 2.24) is 52.3 Å². The highest BCUT2D eigenvalue weighted by Gasteiger charge is 2.40. The molecule has 4 aliphatic rings. The van der Waals surface area contributed by atoms with Crippen molar-refractivity contribution in [3.8, 4) is 0 Å². The van der Waals surface area contributed by atoms with E-state index >= 15 is 0 Å². The number of fused-ring (bicyclic) bond motifs is 2. The average Bonchev–Trinajstić information content (AvgIpc) is 4.09. The van der Waals surface area contributed by atoms with E-state index in [4.69, 9.17) is 0 Å². The van der Waals surface area contributed by atoms with Crippen LogP contribution in [0.4, 0.5) is 0 Å². The second kappa shape index (κ2) is 30.2. The monoisotopic (exact) mass is 1050 g/mol. The molecule has 2 aromatic rings. The highest BCUT2D eigenvalue weighted by atomic mass is 35.5. The Morgan fingerprint density at radius 3 is 1.34 bits per heavy atom. The molecule has 404 valence electrons. The van der Waals surface area contributed by atoms with Gasteiger partial charge in [-0.05, 0) is 153 Å². The Labute approximate surface area is 443 Å². The van der Waals surface area contributed by atoms with Gasteiger partial charge in [0.1, 0.15) is 30.6 Å². The van der Waals surface area contributed by atoms with Crippen molar-refractivity contribution in [3.05, 3.63) is 70.8 Å². The molecule has 0 bridgehead atoms. The minimum absolute atomic E-state index is 0. The van der Waals surface area contributed by atoms with Crippen molar-refractivity contribution in [2.45, 2.75) is 171 Å². The van der Waals surface area contributed by atoms with E-state index in [-0.39, 0.29) is 91.9 Å². The van der Waals surface area contributed by atoms with Gasteiger partial charge in [0.2, 0.25) is 47.3 Å². The van der Waals surface area contributed by atoms with Crippen LogP contribution < -0.4 is 42.5 Å². The van der Waals surface area contributed by atoms with E-state index in [1.54, 1.807) is 37.7 Å². The summed E-state index contributed by atoms with van der Waals surface area (Å²) in [6.45, 7) is 4.75. The van der Waals surface area contributed by atoms with Gasteiger partial charge in [-0.25, -0.2) is 0 Å². The van der Waals surface area contributed by atoms with Crippen molar-refractivity contribution >= 4 is 72.1 Å². The first-order chi connectivity index (χ1) is 34.3. The zero-order valence-electron chi connectivity index (χ0n) is 43.1. The Morgan fingerprint density at radius 1 is 0.548 bits per heavy atom. The molecule has 18 nitrogen and oxygen atoms in total. The number of amides is 8. The number of carbonyl (C=O) groups is 8. The first-order valence-electron chi connectivity index (χ1n) is 26.2. The Morgan fingerprint density at radius 2 is 0.945 bits per heavy atom. The van der Waals surface area contributed by atoms with Crippen LogP contribution in [0.3, 0.4) is 0 Å². The molecule has 2 aliphatic heterocycles. The Hall–Kier alpha value is -5.30. The number of benzene rings is 2. The average molecular weight is 1060 g/mol. The smallest absolute Gasteiger partial charge is 0.245 e. The molecule has 2 aromatic carbocycles. The van der Waals surface area contributed by atoms with Crippen molar-refractivity contribution in [2.24, 2.45) is 0 Å². The van der Waals surface area contributed by atoms with E-state index < -0.39 is 48.1 Å². The number of hydrogen-bond acceptors (Lipinski definition) is 10. The zero-order valence-corrected chi connectivity index (χ0v) is 44.7. The molecule has 0 spiro atoms. The number of nitrogens with zero attached hydrogens (tertiary/aromatic N) is 2. The Kier molecular flexibility index (Phi) is 24.9. The van der Waals surface area contributed by atoms with E-state index in [0.29, 0.717) is 77.3 Å². The van der Waals surface area contributed by atoms with Crippen LogP contribution >= 0.6 is 24.8 Å². The molecule has 2 saturated heterocycles. The standard InChI is InChI=1S/C53H78N10O8.2ClH/c1-34(54-3)48(66)60-42(52(70)62-31-15-27-44(62)50(68)58-40-25-13-19-36-17-5-7-21-38(36)40)23-9-11-29-56-46(64)33-47(65)57-30-12-10-24-43(61-49(67)35(2)55-4)53(71)63-32-16-28-45(63)51(69)59-41-26-14-20-37-18-6-8-22-39(37)41;;/h5-8,17-18,21-22,34-35,40-45,54-55H,9-16,19-20,23-33H2,1-4H3,(H,56,64)(H,57,65)(H,58,68)(H,59,69)(H,60,66)(H,61,67);2*1H/t34-,35-,40+,41+,42-,43-,44-,45-;;/m0../s1. The quantitative estimate of drug-likeness (QED) is 0.0564. The van der Waals surface area contributed by atoms with Crippen molar-refractivity contribution < 1.29 is 38.4 Å². The summed E-state index contributed by atoms with van der Waals surface area (Å²) >= 11 is 0. The fourth-order valence-electron chi connectivity index (χ4n) is 10.4. The maximum Gasteiger partial charge on any atom is 0.245 e. The lowest BCUT2D eigenvalue weighted by Gasteiger charge is -2.32. The fourth-order valence-corrected chi connectivity index (χ4v) is 10.4. The summed E-state index contributed by atoms with van der Waals surface area (Å²) in [5.41, 5.74) is 4.70. The van der Waals surface area contributed by atoms with Crippen LogP contribution in [0, 0.1) is 0 Å². The summed E-state index contributed by atoms with van der Waals surface area (Å²) in [5.74, 6) is -2.56. The molecule has 0 unspecified atom stereocenters. The third-order valence-electron chi connectivity index (χ3n) is 14.7. The summed E-state index contributed by atoms with van der Waals surface area (Å²) in [6, 6.07) is 12.0. The number of carbonyl (C=O) groups excluding carboxylic acids is 8. The fraction of sp³-hybridized carbons (Fsp3) is 0.623. The van der Waals surface area contributed by atoms with Gasteiger partial charge < -0.3 is 52.3 Å². The highest BCUT2D eigenvalue weighted by molar-refractivity contribution is 5.97. The van der Waals surface area contributed by atoms with Crippen LogP contribution in [0.1, 0.15) is 144 Å². The van der Waals surface area contributed by atoms with Gasteiger partial charge in [-0.2, -0.15) is 0 Å². The molecule has 2 fully saturated rings. The van der Waals surface area contributed by atoms with Crippen LogP contribution in [0.25, 0.3) is 0 Å². The summed E-state index contributed by atoms with van der Waals surface area (Å²) < 4.78 is 0. The predicted molar refractivity (Wildman–Crippen MR) is 284 cm³/mol. The van der Waals surface area contributed by atoms with Crippen molar-refractivity contribution in [1.29, 1.82) is 0 Å². The maximum absolute atomic E-state index is 14.1. The van der Waals surface area contributed by atoms with Crippen LogP contribution in [0.15, 0.2) is 48.5 Å². The molecular weight excluding hydrogens is 976 g/mol. The van der Waals surface area contributed by atoms with Crippen LogP contribution in [-0.4, -0.2) is 134 Å². The molecular formula is C53H80Cl2N10O8.